The van der Waals surface area contributed by atoms with E-state index < -0.39 is 0 Å². The molecule has 0 radical (unpaired) electrons. The highest BCUT2D eigenvalue weighted by Gasteiger charge is 2.21. The van der Waals surface area contributed by atoms with Gasteiger partial charge in [-0.2, -0.15) is 0 Å². The van der Waals surface area contributed by atoms with E-state index in [9.17, 15) is 4.79 Å². The molecule has 1 saturated heterocycles. The number of morpholine rings is 1. The Balaban J connectivity index is 1.49. The van der Waals surface area contributed by atoms with Crippen molar-refractivity contribution in [3.63, 3.8) is 0 Å². The highest BCUT2D eigenvalue weighted by atomic mass is 32.2. The Labute approximate surface area is 205 Å². The second kappa shape index (κ2) is 11.5. The Morgan fingerprint density at radius 3 is 2.64 bits per heavy atom. The fourth-order valence-electron chi connectivity index (χ4n) is 4.02. The van der Waals surface area contributed by atoms with E-state index in [4.69, 9.17) is 9.72 Å². The second-order valence-electron chi connectivity index (χ2n) is 8.76. The molecule has 33 heavy (non-hydrogen) atoms. The van der Waals surface area contributed by atoms with E-state index in [1.165, 1.54) is 4.90 Å². The number of para-hydroxylation sites is 1. The lowest BCUT2D eigenvalue weighted by molar-refractivity contribution is -0.118. The van der Waals surface area contributed by atoms with Crippen LogP contribution in [-0.2, 0) is 16.0 Å². The van der Waals surface area contributed by atoms with Crippen molar-refractivity contribution < 1.29 is 9.53 Å². The quantitative estimate of drug-likeness (QED) is 0.381. The lowest BCUT2D eigenvalue weighted by atomic mass is 10.1. The summed E-state index contributed by atoms with van der Waals surface area (Å²) >= 11 is 3.45. The highest BCUT2D eigenvalue weighted by molar-refractivity contribution is 7.99. The average molecular weight is 484 g/mol. The number of carbonyl (C=O) groups is 1. The van der Waals surface area contributed by atoms with Gasteiger partial charge in [0.25, 0.3) is 0 Å². The number of hydrogen-bond acceptors (Lipinski definition) is 6. The standard InChI is InChI=1S/C26H33N3O2S2/c1-19(2)32-22-10-8-21(9-11-22)18-24(30)29(13-5-12-28-14-16-31-17-15-28)26-27-25-20(3)6-4-7-23(25)33-26/h4,6-11,19H,5,12-18H2,1-3H3. The van der Waals surface area contributed by atoms with Crippen molar-refractivity contribution in [1.29, 1.82) is 0 Å². The lowest BCUT2D eigenvalue weighted by Crippen LogP contribution is -2.39. The third-order valence-electron chi connectivity index (χ3n) is 5.75. The number of ether oxygens (including phenoxy) is 1. The van der Waals surface area contributed by atoms with E-state index in [2.05, 4.69) is 68.1 Å². The predicted octanol–water partition coefficient (Wildman–Crippen LogP) is 5.40. The molecule has 0 spiro atoms. The molecule has 5 nitrogen and oxygen atoms in total. The Bertz CT molecular complexity index is 1060. The number of benzene rings is 2. The van der Waals surface area contributed by atoms with Gasteiger partial charge in [-0.3, -0.25) is 14.6 Å². The van der Waals surface area contributed by atoms with Crippen molar-refractivity contribution in [2.45, 2.75) is 43.8 Å². The van der Waals surface area contributed by atoms with Crippen molar-refractivity contribution in [2.24, 2.45) is 0 Å². The topological polar surface area (TPSA) is 45.7 Å². The summed E-state index contributed by atoms with van der Waals surface area (Å²) in [5.74, 6) is 0.109. The minimum atomic E-state index is 0.109. The van der Waals surface area contributed by atoms with Gasteiger partial charge in [0.15, 0.2) is 5.13 Å². The Kier molecular flexibility index (Phi) is 8.41. The van der Waals surface area contributed by atoms with Crippen molar-refractivity contribution in [2.75, 3.05) is 44.3 Å². The van der Waals surface area contributed by atoms with Crippen LogP contribution in [0.4, 0.5) is 5.13 Å². The summed E-state index contributed by atoms with van der Waals surface area (Å²) in [5.41, 5.74) is 3.19. The molecule has 1 aromatic heterocycles. The highest BCUT2D eigenvalue weighted by Crippen LogP contribution is 2.31. The van der Waals surface area contributed by atoms with Gasteiger partial charge >= 0.3 is 0 Å². The van der Waals surface area contributed by atoms with Gasteiger partial charge in [-0.15, -0.1) is 11.8 Å². The van der Waals surface area contributed by atoms with Crippen LogP contribution in [0.5, 0.6) is 0 Å². The molecule has 0 atom stereocenters. The van der Waals surface area contributed by atoms with Gasteiger partial charge in [0.2, 0.25) is 5.91 Å². The monoisotopic (exact) mass is 483 g/mol. The fraction of sp³-hybridized carbons (Fsp3) is 0.462. The molecule has 7 heteroatoms. The molecule has 0 N–H and O–H groups in total. The van der Waals surface area contributed by atoms with Crippen LogP contribution in [0.3, 0.4) is 0 Å². The van der Waals surface area contributed by atoms with Gasteiger partial charge in [-0.1, -0.05) is 49.4 Å². The first-order valence-corrected chi connectivity index (χ1v) is 13.4. The van der Waals surface area contributed by atoms with Crippen LogP contribution < -0.4 is 4.90 Å². The number of nitrogens with zero attached hydrogens (tertiary/aromatic N) is 3. The van der Waals surface area contributed by atoms with Gasteiger partial charge in [-0.25, -0.2) is 4.98 Å². The molecule has 1 amide bonds. The number of anilines is 1. The molecule has 0 unspecified atom stereocenters. The Morgan fingerprint density at radius 1 is 1.18 bits per heavy atom. The van der Waals surface area contributed by atoms with Gasteiger partial charge in [0.05, 0.1) is 29.9 Å². The molecule has 0 bridgehead atoms. The van der Waals surface area contributed by atoms with E-state index in [1.807, 2.05) is 16.7 Å². The first-order chi connectivity index (χ1) is 16.0. The van der Waals surface area contributed by atoms with Crippen molar-refractivity contribution in [3.05, 3.63) is 53.6 Å². The molecule has 176 valence electrons. The van der Waals surface area contributed by atoms with E-state index in [1.54, 1.807) is 11.3 Å². The molecule has 0 saturated carbocycles. The number of amides is 1. The largest absolute Gasteiger partial charge is 0.379 e. The van der Waals surface area contributed by atoms with Crippen LogP contribution in [0, 0.1) is 6.92 Å². The molecular weight excluding hydrogens is 450 g/mol. The summed E-state index contributed by atoms with van der Waals surface area (Å²) in [6, 6.07) is 14.6. The number of aromatic nitrogens is 1. The van der Waals surface area contributed by atoms with Gasteiger partial charge in [0, 0.05) is 36.3 Å². The lowest BCUT2D eigenvalue weighted by Gasteiger charge is -2.27. The molecule has 0 aliphatic carbocycles. The molecule has 3 aromatic rings. The summed E-state index contributed by atoms with van der Waals surface area (Å²) in [6.45, 7) is 11.6. The molecule has 1 aliphatic heterocycles. The van der Waals surface area contributed by atoms with Crippen LogP contribution >= 0.6 is 23.1 Å². The van der Waals surface area contributed by atoms with Crippen LogP contribution in [-0.4, -0.2) is 60.4 Å². The molecule has 1 fully saturated rings. The Morgan fingerprint density at radius 2 is 1.94 bits per heavy atom. The van der Waals surface area contributed by atoms with Crippen molar-refractivity contribution in [1.82, 2.24) is 9.88 Å². The summed E-state index contributed by atoms with van der Waals surface area (Å²) in [4.78, 5) is 23.9. The zero-order valence-electron chi connectivity index (χ0n) is 19.8. The number of thioether (sulfide) groups is 1. The maximum absolute atomic E-state index is 13.5. The average Bonchev–Trinajstić information content (AvgIpc) is 3.23. The zero-order chi connectivity index (χ0) is 23.2. The third kappa shape index (κ3) is 6.57. The first-order valence-electron chi connectivity index (χ1n) is 11.7. The van der Waals surface area contributed by atoms with Crippen molar-refractivity contribution in [3.8, 4) is 0 Å². The predicted molar refractivity (Wildman–Crippen MR) is 140 cm³/mol. The SMILES string of the molecule is Cc1cccc2sc(N(CCCN3CCOCC3)C(=O)Cc3ccc(SC(C)C)cc3)nc12. The molecular formula is C26H33N3O2S2. The number of rotatable bonds is 9. The van der Waals surface area contributed by atoms with Crippen LogP contribution in [0.15, 0.2) is 47.4 Å². The fourth-order valence-corrected chi connectivity index (χ4v) is 5.95. The summed E-state index contributed by atoms with van der Waals surface area (Å²) in [5, 5.41) is 1.35. The van der Waals surface area contributed by atoms with E-state index in [0.717, 1.165) is 65.7 Å². The minimum absolute atomic E-state index is 0.109. The van der Waals surface area contributed by atoms with Gasteiger partial charge in [-0.05, 0) is 42.7 Å². The van der Waals surface area contributed by atoms with Crippen LogP contribution in [0.1, 0.15) is 31.4 Å². The van der Waals surface area contributed by atoms with Gasteiger partial charge < -0.3 is 4.74 Å². The smallest absolute Gasteiger partial charge is 0.233 e. The normalized spacial score (nSPS) is 14.8. The van der Waals surface area contributed by atoms with Crippen LogP contribution in [0.25, 0.3) is 10.2 Å². The maximum atomic E-state index is 13.5. The first kappa shape index (κ1) is 24.2. The minimum Gasteiger partial charge on any atom is -0.379 e. The number of fused-ring (bicyclic) bond motifs is 1. The van der Waals surface area contributed by atoms with Gasteiger partial charge in [0.1, 0.15) is 0 Å². The second-order valence-corrected chi connectivity index (χ2v) is 11.4. The molecule has 1 aliphatic rings. The number of hydrogen-bond donors (Lipinski definition) is 0. The summed E-state index contributed by atoms with van der Waals surface area (Å²) in [6.07, 6.45) is 1.31. The number of thiazole rings is 1. The maximum Gasteiger partial charge on any atom is 0.233 e. The van der Waals surface area contributed by atoms with Crippen molar-refractivity contribution >= 4 is 44.4 Å². The zero-order valence-corrected chi connectivity index (χ0v) is 21.4. The van der Waals surface area contributed by atoms with E-state index in [-0.39, 0.29) is 5.91 Å². The summed E-state index contributed by atoms with van der Waals surface area (Å²) < 4.78 is 6.59. The van der Waals surface area contributed by atoms with E-state index in [0.29, 0.717) is 18.2 Å². The molecule has 2 heterocycles. The third-order valence-corrected chi connectivity index (χ3v) is 7.81. The molecule has 2 aromatic carbocycles. The molecule has 4 rings (SSSR count). The number of aryl methyl sites for hydroxylation is 1. The number of carbonyl (C=O) groups excluding carboxylic acids is 1. The van der Waals surface area contributed by atoms with Crippen LogP contribution in [0.2, 0.25) is 0 Å². The van der Waals surface area contributed by atoms with E-state index >= 15 is 0 Å². The summed E-state index contributed by atoms with van der Waals surface area (Å²) in [7, 11) is 0. The Hall–Kier alpha value is -1.93.